The number of nitrogens with two attached hydrogens (primary N) is 1. The van der Waals surface area contributed by atoms with Gasteiger partial charge in [-0.25, -0.2) is 0 Å². The third kappa shape index (κ3) is 4.32. The van der Waals surface area contributed by atoms with Crippen molar-refractivity contribution in [2.75, 3.05) is 38.0 Å². The molecule has 6 heteroatoms. The molecule has 0 bridgehead atoms. The minimum Gasteiger partial charge on any atom is -0.369 e. The lowest BCUT2D eigenvalue weighted by Crippen LogP contribution is -2.46. The van der Waals surface area contributed by atoms with E-state index in [0.717, 1.165) is 31.7 Å². The van der Waals surface area contributed by atoms with E-state index in [9.17, 15) is 9.59 Å². The molecule has 108 valence electrons. The van der Waals surface area contributed by atoms with Gasteiger partial charge < -0.3 is 16.4 Å². The van der Waals surface area contributed by atoms with Gasteiger partial charge in [-0.2, -0.15) is 0 Å². The second kappa shape index (κ2) is 7.02. The van der Waals surface area contributed by atoms with Gasteiger partial charge in [-0.1, -0.05) is 18.2 Å². The van der Waals surface area contributed by atoms with E-state index in [1.165, 1.54) is 0 Å². The largest absolute Gasteiger partial charge is 0.369 e. The first-order valence-electron chi connectivity index (χ1n) is 6.74. The number of hydrogen-bond acceptors (Lipinski definition) is 4. The topological polar surface area (TPSA) is 87.5 Å². The molecule has 1 heterocycles. The van der Waals surface area contributed by atoms with Gasteiger partial charge in [0.2, 0.25) is 11.8 Å². The molecule has 2 amide bonds. The summed E-state index contributed by atoms with van der Waals surface area (Å²) in [4.78, 5) is 25.1. The fraction of sp³-hybridized carbons (Fsp3) is 0.429. The van der Waals surface area contributed by atoms with Crippen molar-refractivity contribution in [2.45, 2.75) is 6.42 Å². The number of amides is 2. The van der Waals surface area contributed by atoms with Crippen LogP contribution in [-0.4, -0.2) is 49.4 Å². The van der Waals surface area contributed by atoms with Crippen molar-refractivity contribution in [1.82, 2.24) is 10.2 Å². The summed E-state index contributed by atoms with van der Waals surface area (Å²) < 4.78 is 0. The molecule has 6 nitrogen and oxygen atoms in total. The van der Waals surface area contributed by atoms with E-state index in [1.807, 2.05) is 12.1 Å². The predicted octanol–water partition coefficient (Wildman–Crippen LogP) is -0.442. The van der Waals surface area contributed by atoms with Gasteiger partial charge in [-0.05, 0) is 11.6 Å². The van der Waals surface area contributed by atoms with Crippen molar-refractivity contribution < 1.29 is 9.59 Å². The molecule has 1 aliphatic rings. The van der Waals surface area contributed by atoms with Crippen LogP contribution in [0.5, 0.6) is 0 Å². The molecule has 0 atom stereocenters. The number of benzene rings is 1. The van der Waals surface area contributed by atoms with E-state index in [-0.39, 0.29) is 12.3 Å². The van der Waals surface area contributed by atoms with Crippen LogP contribution in [0.25, 0.3) is 0 Å². The summed E-state index contributed by atoms with van der Waals surface area (Å²) in [6, 6.07) is 7.23. The number of para-hydroxylation sites is 1. The summed E-state index contributed by atoms with van der Waals surface area (Å²) in [6.45, 7) is 3.93. The third-order valence-corrected chi connectivity index (χ3v) is 3.23. The Kier molecular flexibility index (Phi) is 5.09. The monoisotopic (exact) mass is 276 g/mol. The van der Waals surface area contributed by atoms with Crippen LogP contribution in [0.4, 0.5) is 5.69 Å². The van der Waals surface area contributed by atoms with Gasteiger partial charge in [0.15, 0.2) is 0 Å². The zero-order valence-corrected chi connectivity index (χ0v) is 11.4. The highest BCUT2D eigenvalue weighted by Crippen LogP contribution is 2.15. The van der Waals surface area contributed by atoms with Crippen molar-refractivity contribution in [2.24, 2.45) is 5.73 Å². The molecule has 4 N–H and O–H groups in total. The summed E-state index contributed by atoms with van der Waals surface area (Å²) in [7, 11) is 0. The van der Waals surface area contributed by atoms with Crippen molar-refractivity contribution >= 4 is 17.5 Å². The molecule has 0 saturated carbocycles. The van der Waals surface area contributed by atoms with Crippen LogP contribution >= 0.6 is 0 Å². The first-order valence-corrected chi connectivity index (χ1v) is 6.74. The Balaban J connectivity index is 1.94. The quantitative estimate of drug-likeness (QED) is 0.680. The minimum atomic E-state index is -0.409. The first kappa shape index (κ1) is 14.5. The van der Waals surface area contributed by atoms with E-state index in [2.05, 4.69) is 15.5 Å². The molecule has 20 heavy (non-hydrogen) atoms. The maximum atomic E-state index is 12.0. The lowest BCUT2D eigenvalue weighted by Gasteiger charge is -2.26. The van der Waals surface area contributed by atoms with Gasteiger partial charge in [0, 0.05) is 31.9 Å². The van der Waals surface area contributed by atoms with Crippen LogP contribution in [0.2, 0.25) is 0 Å². The summed E-state index contributed by atoms with van der Waals surface area (Å²) in [5.41, 5.74) is 6.61. The van der Waals surface area contributed by atoms with Gasteiger partial charge >= 0.3 is 0 Å². The van der Waals surface area contributed by atoms with Gasteiger partial charge in [0.1, 0.15) is 0 Å². The number of carbonyl (C=O) groups excluding carboxylic acids is 2. The maximum absolute atomic E-state index is 12.0. The molecular formula is C14H20N4O2. The van der Waals surface area contributed by atoms with Crippen LogP contribution in [-0.2, 0) is 16.0 Å². The van der Waals surface area contributed by atoms with Gasteiger partial charge in [0.05, 0.1) is 13.0 Å². The fourth-order valence-corrected chi connectivity index (χ4v) is 2.25. The molecule has 0 unspecified atom stereocenters. The SMILES string of the molecule is NC(=O)Cc1ccccc1NC(=O)CN1CCNCC1. The number of hydrogen-bond donors (Lipinski definition) is 3. The molecule has 1 aromatic rings. The average Bonchev–Trinajstić information content (AvgIpc) is 2.41. The standard InChI is InChI=1S/C14H20N4O2/c15-13(19)9-11-3-1-2-4-12(11)17-14(20)10-18-7-5-16-6-8-18/h1-4,16H,5-10H2,(H2,15,19)(H,17,20). The molecule has 1 aromatic carbocycles. The normalized spacial score (nSPS) is 15.8. The molecule has 2 rings (SSSR count). The third-order valence-electron chi connectivity index (χ3n) is 3.23. The zero-order valence-electron chi connectivity index (χ0n) is 11.4. The summed E-state index contributed by atoms with van der Waals surface area (Å²) in [5, 5.41) is 6.10. The van der Waals surface area contributed by atoms with Gasteiger partial charge in [-0.15, -0.1) is 0 Å². The number of piperazine rings is 1. The highest BCUT2D eigenvalue weighted by atomic mass is 16.2. The highest BCUT2D eigenvalue weighted by Gasteiger charge is 2.14. The number of nitrogens with zero attached hydrogens (tertiary/aromatic N) is 1. The predicted molar refractivity (Wildman–Crippen MR) is 77.3 cm³/mol. The van der Waals surface area contributed by atoms with Crippen molar-refractivity contribution in [3.8, 4) is 0 Å². The molecule has 0 aliphatic carbocycles. The number of nitrogens with one attached hydrogen (secondary N) is 2. The Bertz CT molecular complexity index is 484. The molecule has 1 fully saturated rings. The first-order chi connectivity index (χ1) is 9.65. The Morgan fingerprint density at radius 3 is 2.65 bits per heavy atom. The van der Waals surface area contributed by atoms with Gasteiger partial charge in [0.25, 0.3) is 0 Å². The number of rotatable bonds is 5. The Hall–Kier alpha value is -1.92. The minimum absolute atomic E-state index is 0.0659. The lowest BCUT2D eigenvalue weighted by molar-refractivity contribution is -0.118. The second-order valence-electron chi connectivity index (χ2n) is 4.87. The highest BCUT2D eigenvalue weighted by molar-refractivity contribution is 5.93. The lowest BCUT2D eigenvalue weighted by atomic mass is 10.1. The Morgan fingerprint density at radius 2 is 1.95 bits per heavy atom. The van der Waals surface area contributed by atoms with Crippen molar-refractivity contribution in [3.05, 3.63) is 29.8 Å². The van der Waals surface area contributed by atoms with Crippen LogP contribution in [0.1, 0.15) is 5.56 Å². The number of primary amides is 1. The second-order valence-corrected chi connectivity index (χ2v) is 4.87. The fourth-order valence-electron chi connectivity index (χ4n) is 2.25. The van der Waals surface area contributed by atoms with Crippen LogP contribution in [0.3, 0.4) is 0 Å². The summed E-state index contributed by atoms with van der Waals surface area (Å²) >= 11 is 0. The van der Waals surface area contributed by atoms with E-state index in [4.69, 9.17) is 5.73 Å². The van der Waals surface area contributed by atoms with E-state index in [0.29, 0.717) is 12.2 Å². The van der Waals surface area contributed by atoms with Crippen LogP contribution in [0, 0.1) is 0 Å². The van der Waals surface area contributed by atoms with E-state index in [1.54, 1.807) is 12.1 Å². The van der Waals surface area contributed by atoms with E-state index >= 15 is 0 Å². The molecule has 0 radical (unpaired) electrons. The zero-order chi connectivity index (χ0) is 14.4. The molecule has 1 aliphatic heterocycles. The van der Waals surface area contributed by atoms with Gasteiger partial charge in [-0.3, -0.25) is 14.5 Å². The Morgan fingerprint density at radius 1 is 1.25 bits per heavy atom. The Labute approximate surface area is 118 Å². The van der Waals surface area contributed by atoms with Crippen molar-refractivity contribution in [3.63, 3.8) is 0 Å². The molecule has 1 saturated heterocycles. The maximum Gasteiger partial charge on any atom is 0.238 e. The van der Waals surface area contributed by atoms with Crippen molar-refractivity contribution in [1.29, 1.82) is 0 Å². The number of carbonyl (C=O) groups is 2. The summed E-state index contributed by atoms with van der Waals surface area (Å²) in [5.74, 6) is -0.474. The number of anilines is 1. The molecular weight excluding hydrogens is 256 g/mol. The smallest absolute Gasteiger partial charge is 0.238 e. The van der Waals surface area contributed by atoms with Crippen LogP contribution in [0.15, 0.2) is 24.3 Å². The average molecular weight is 276 g/mol. The van der Waals surface area contributed by atoms with E-state index < -0.39 is 5.91 Å². The molecule has 0 spiro atoms. The molecule has 0 aromatic heterocycles. The van der Waals surface area contributed by atoms with Crippen LogP contribution < -0.4 is 16.4 Å². The summed E-state index contributed by atoms with van der Waals surface area (Å²) in [6.07, 6.45) is 0.129.